The van der Waals surface area contributed by atoms with Crippen molar-refractivity contribution in [2.24, 2.45) is 0 Å². The lowest BCUT2D eigenvalue weighted by atomic mass is 10.1. The second-order valence-electron chi connectivity index (χ2n) is 4.85. The Balaban J connectivity index is 1.96. The lowest BCUT2D eigenvalue weighted by molar-refractivity contribution is -0.128. The number of benzene rings is 1. The summed E-state index contributed by atoms with van der Waals surface area (Å²) in [6.45, 7) is 0.845. The highest BCUT2D eigenvalue weighted by Crippen LogP contribution is 2.30. The van der Waals surface area contributed by atoms with Gasteiger partial charge in [-0.1, -0.05) is 12.1 Å². The second-order valence-corrected chi connectivity index (χ2v) is 4.85. The number of aromatic nitrogens is 2. The maximum atomic E-state index is 12.3. The number of ether oxygens (including phenoxy) is 1. The maximum absolute atomic E-state index is 12.3. The molecule has 2 heterocycles. The lowest BCUT2D eigenvalue weighted by Gasteiger charge is -2.24. The van der Waals surface area contributed by atoms with E-state index in [1.165, 1.54) is 0 Å². The molecule has 0 spiro atoms. The van der Waals surface area contributed by atoms with Crippen LogP contribution >= 0.6 is 0 Å². The normalized spacial score (nSPS) is 17.4. The molecule has 1 aromatic heterocycles. The van der Waals surface area contributed by atoms with E-state index in [2.05, 4.69) is 15.6 Å². The molecule has 2 N–H and O–H groups in total. The Bertz CT molecular complexity index is 695. The Kier molecular flexibility index (Phi) is 3.57. The summed E-state index contributed by atoms with van der Waals surface area (Å²) < 4.78 is 6.69. The van der Waals surface area contributed by atoms with Crippen molar-refractivity contribution >= 4 is 28.8 Å². The zero-order valence-corrected chi connectivity index (χ0v) is 11.6. The highest BCUT2D eigenvalue weighted by atomic mass is 16.5. The van der Waals surface area contributed by atoms with Crippen LogP contribution in [-0.2, 0) is 14.3 Å². The number of imidazole rings is 1. The molecule has 0 aliphatic carbocycles. The highest BCUT2D eigenvalue weighted by molar-refractivity contribution is 5.99. The quantitative estimate of drug-likeness (QED) is 0.810. The summed E-state index contributed by atoms with van der Waals surface area (Å²) >= 11 is 0. The number of hydrogen-bond acceptors (Lipinski definition) is 4. The zero-order valence-electron chi connectivity index (χ0n) is 11.6. The summed E-state index contributed by atoms with van der Waals surface area (Å²) in [7, 11) is 1.57. The number of carbonyl (C=O) groups is 2. The number of methoxy groups -OCH3 is 1. The monoisotopic (exact) mass is 288 g/mol. The number of carbonyl (C=O) groups excluding carboxylic acids is 2. The number of para-hydroxylation sites is 2. The van der Waals surface area contributed by atoms with Gasteiger partial charge in [-0.05, 0) is 12.1 Å². The van der Waals surface area contributed by atoms with Crippen molar-refractivity contribution in [1.82, 2.24) is 14.9 Å². The van der Waals surface area contributed by atoms with Crippen molar-refractivity contribution in [1.29, 1.82) is 0 Å². The third-order valence-corrected chi connectivity index (χ3v) is 3.45. The topological polar surface area (TPSA) is 85.2 Å². The van der Waals surface area contributed by atoms with Crippen LogP contribution in [0.15, 0.2) is 24.3 Å². The van der Waals surface area contributed by atoms with E-state index in [-0.39, 0.29) is 18.2 Å². The first-order valence-corrected chi connectivity index (χ1v) is 6.74. The number of nitrogens with one attached hydrogen (secondary N) is 2. The summed E-state index contributed by atoms with van der Waals surface area (Å²) in [5, 5.41) is 5.49. The average Bonchev–Trinajstić information content (AvgIpc) is 2.84. The minimum Gasteiger partial charge on any atom is -0.383 e. The fourth-order valence-electron chi connectivity index (χ4n) is 2.49. The van der Waals surface area contributed by atoms with Crippen LogP contribution in [0.5, 0.6) is 0 Å². The number of nitrogens with zero attached hydrogens (tertiary/aromatic N) is 2. The number of rotatable bonds is 4. The summed E-state index contributed by atoms with van der Waals surface area (Å²) in [6, 6.07) is 6.91. The van der Waals surface area contributed by atoms with Crippen molar-refractivity contribution in [2.45, 2.75) is 12.5 Å². The van der Waals surface area contributed by atoms with E-state index in [0.717, 1.165) is 11.0 Å². The Morgan fingerprint density at radius 2 is 2.33 bits per heavy atom. The molecule has 3 rings (SSSR count). The molecule has 21 heavy (non-hydrogen) atoms. The number of hydrogen-bond donors (Lipinski definition) is 2. The van der Waals surface area contributed by atoms with Gasteiger partial charge < -0.3 is 10.1 Å². The molecule has 1 unspecified atom stereocenters. The molecule has 1 aliphatic heterocycles. The van der Waals surface area contributed by atoms with Crippen molar-refractivity contribution < 1.29 is 14.3 Å². The predicted molar refractivity (Wildman–Crippen MR) is 76.9 cm³/mol. The first kappa shape index (κ1) is 13.6. The molecule has 0 bridgehead atoms. The molecule has 1 aromatic carbocycles. The predicted octanol–water partition coefficient (Wildman–Crippen LogP) is 0.682. The van der Waals surface area contributed by atoms with E-state index in [1.807, 2.05) is 24.3 Å². The standard InChI is InChI=1S/C14H16N4O3/c1-21-7-6-15-13(20)11-8-12(19)17-14-16-9-4-2-3-5-10(9)18(11)14/h2-5,11H,6-8H2,1H3,(H,15,20)(H,16,17,19). The van der Waals surface area contributed by atoms with Crippen LogP contribution in [-0.4, -0.2) is 41.6 Å². The van der Waals surface area contributed by atoms with Crippen molar-refractivity contribution in [3.8, 4) is 0 Å². The molecule has 2 amide bonds. The van der Waals surface area contributed by atoms with E-state index >= 15 is 0 Å². The van der Waals surface area contributed by atoms with Crippen LogP contribution in [0.25, 0.3) is 11.0 Å². The van der Waals surface area contributed by atoms with Crippen LogP contribution < -0.4 is 10.6 Å². The number of amides is 2. The molecule has 2 aromatic rings. The van der Waals surface area contributed by atoms with E-state index < -0.39 is 6.04 Å². The van der Waals surface area contributed by atoms with Gasteiger partial charge in [-0.15, -0.1) is 0 Å². The summed E-state index contributed by atoms with van der Waals surface area (Å²) in [6.07, 6.45) is 0.103. The molecule has 7 nitrogen and oxygen atoms in total. The molecular weight excluding hydrogens is 272 g/mol. The summed E-state index contributed by atoms with van der Waals surface area (Å²) in [5.41, 5.74) is 1.59. The van der Waals surface area contributed by atoms with E-state index in [0.29, 0.717) is 19.1 Å². The van der Waals surface area contributed by atoms with Gasteiger partial charge in [0.1, 0.15) is 6.04 Å². The fraction of sp³-hybridized carbons (Fsp3) is 0.357. The van der Waals surface area contributed by atoms with Gasteiger partial charge in [-0.25, -0.2) is 4.98 Å². The molecule has 110 valence electrons. The minimum atomic E-state index is -0.585. The van der Waals surface area contributed by atoms with Crippen molar-refractivity contribution in [2.75, 3.05) is 25.6 Å². The molecule has 1 aliphatic rings. The van der Waals surface area contributed by atoms with Crippen LogP contribution in [0.3, 0.4) is 0 Å². The molecular formula is C14H16N4O3. The summed E-state index contributed by atoms with van der Waals surface area (Å²) in [5.74, 6) is 0.00958. The second kappa shape index (κ2) is 5.53. The minimum absolute atomic E-state index is 0.103. The van der Waals surface area contributed by atoms with Gasteiger partial charge in [0.2, 0.25) is 17.8 Å². The smallest absolute Gasteiger partial charge is 0.243 e. The zero-order chi connectivity index (χ0) is 14.8. The molecule has 0 saturated carbocycles. The van der Waals surface area contributed by atoms with E-state index in [1.54, 1.807) is 11.7 Å². The fourth-order valence-corrected chi connectivity index (χ4v) is 2.49. The Morgan fingerprint density at radius 1 is 1.52 bits per heavy atom. The third-order valence-electron chi connectivity index (χ3n) is 3.45. The third kappa shape index (κ3) is 2.47. The van der Waals surface area contributed by atoms with Crippen LogP contribution in [0.2, 0.25) is 0 Å². The van der Waals surface area contributed by atoms with Crippen LogP contribution in [0.1, 0.15) is 12.5 Å². The van der Waals surface area contributed by atoms with Gasteiger partial charge in [0.25, 0.3) is 0 Å². The molecule has 0 fully saturated rings. The first-order valence-electron chi connectivity index (χ1n) is 6.74. The van der Waals surface area contributed by atoms with Crippen LogP contribution in [0, 0.1) is 0 Å². The first-order chi connectivity index (χ1) is 10.2. The van der Waals surface area contributed by atoms with E-state index in [4.69, 9.17) is 4.74 Å². The average molecular weight is 288 g/mol. The van der Waals surface area contributed by atoms with Crippen molar-refractivity contribution in [3.05, 3.63) is 24.3 Å². The van der Waals surface area contributed by atoms with Gasteiger partial charge in [-0.3, -0.25) is 19.5 Å². The van der Waals surface area contributed by atoms with E-state index in [9.17, 15) is 9.59 Å². The Hall–Kier alpha value is -2.41. The van der Waals surface area contributed by atoms with Gasteiger partial charge in [-0.2, -0.15) is 0 Å². The molecule has 0 saturated heterocycles. The summed E-state index contributed by atoms with van der Waals surface area (Å²) in [4.78, 5) is 28.5. The van der Waals surface area contributed by atoms with Gasteiger partial charge in [0, 0.05) is 13.7 Å². The lowest BCUT2D eigenvalue weighted by Crippen LogP contribution is -2.39. The molecule has 1 atom stereocenters. The number of fused-ring (bicyclic) bond motifs is 3. The van der Waals surface area contributed by atoms with Gasteiger partial charge in [0.05, 0.1) is 24.1 Å². The van der Waals surface area contributed by atoms with Crippen LogP contribution in [0.4, 0.5) is 5.95 Å². The Labute approximate surface area is 121 Å². The largest absolute Gasteiger partial charge is 0.383 e. The maximum Gasteiger partial charge on any atom is 0.243 e. The molecule has 7 heteroatoms. The van der Waals surface area contributed by atoms with Gasteiger partial charge >= 0.3 is 0 Å². The molecule has 0 radical (unpaired) electrons. The van der Waals surface area contributed by atoms with Crippen molar-refractivity contribution in [3.63, 3.8) is 0 Å². The highest BCUT2D eigenvalue weighted by Gasteiger charge is 2.32. The SMILES string of the molecule is COCCNC(=O)C1CC(=O)Nc2nc3ccccc3n21. The Morgan fingerprint density at radius 3 is 3.14 bits per heavy atom. The number of anilines is 1. The van der Waals surface area contributed by atoms with Gasteiger partial charge in [0.15, 0.2) is 0 Å².